The molecule has 1 saturated heterocycles. The maximum absolute atomic E-state index is 12.6. The van der Waals surface area contributed by atoms with Gasteiger partial charge in [0.2, 0.25) is 0 Å². The third-order valence-electron chi connectivity index (χ3n) is 4.94. The molecule has 2 rings (SSSR count). The van der Waals surface area contributed by atoms with Gasteiger partial charge in [-0.2, -0.15) is 0 Å². The van der Waals surface area contributed by atoms with Gasteiger partial charge in [0.05, 0.1) is 0 Å². The lowest BCUT2D eigenvalue weighted by atomic mass is 10.1. The zero-order chi connectivity index (χ0) is 20.8. The van der Waals surface area contributed by atoms with Crippen LogP contribution in [-0.2, 0) is 0 Å². The summed E-state index contributed by atoms with van der Waals surface area (Å²) in [4.78, 5) is 41.7. The van der Waals surface area contributed by atoms with Gasteiger partial charge in [0.1, 0.15) is 0 Å². The Morgan fingerprint density at radius 1 is 1.11 bits per heavy atom. The van der Waals surface area contributed by atoms with Crippen molar-refractivity contribution in [3.05, 3.63) is 29.3 Å². The van der Waals surface area contributed by atoms with Crippen molar-refractivity contribution in [3.63, 3.8) is 0 Å². The highest BCUT2D eigenvalue weighted by Gasteiger charge is 2.25. The second-order valence-corrected chi connectivity index (χ2v) is 7.39. The summed E-state index contributed by atoms with van der Waals surface area (Å²) >= 11 is 0. The molecule has 0 saturated carbocycles. The normalized spacial score (nSPS) is 15.0. The fraction of sp³-hybridized carbons (Fsp3) is 0.550. The number of amides is 5. The molecule has 8 heteroatoms. The zero-order valence-corrected chi connectivity index (χ0v) is 17.4. The van der Waals surface area contributed by atoms with Crippen LogP contribution < -0.4 is 10.6 Å². The lowest BCUT2D eigenvalue weighted by molar-refractivity contribution is 0.0939. The third kappa shape index (κ3) is 5.37. The van der Waals surface area contributed by atoms with Crippen LogP contribution >= 0.6 is 0 Å². The molecule has 1 atom stereocenters. The van der Waals surface area contributed by atoms with Gasteiger partial charge in [0.25, 0.3) is 5.91 Å². The quantitative estimate of drug-likeness (QED) is 0.829. The summed E-state index contributed by atoms with van der Waals surface area (Å²) in [5.41, 5.74) is 2.08. The van der Waals surface area contributed by atoms with Crippen LogP contribution in [0, 0.1) is 6.92 Å². The molecule has 0 aromatic heterocycles. The van der Waals surface area contributed by atoms with Crippen molar-refractivity contribution in [3.8, 4) is 0 Å². The Bertz CT molecular complexity index is 727. The average molecular weight is 390 g/mol. The van der Waals surface area contributed by atoms with E-state index in [9.17, 15) is 14.4 Å². The highest BCUT2D eigenvalue weighted by Crippen LogP contribution is 2.18. The van der Waals surface area contributed by atoms with Crippen molar-refractivity contribution < 1.29 is 14.4 Å². The number of hydrogen-bond acceptors (Lipinski definition) is 3. The van der Waals surface area contributed by atoms with Crippen molar-refractivity contribution in [2.24, 2.45) is 0 Å². The Morgan fingerprint density at radius 2 is 1.71 bits per heavy atom. The number of nitrogens with zero attached hydrogens (tertiary/aromatic N) is 3. The van der Waals surface area contributed by atoms with Gasteiger partial charge in [-0.25, -0.2) is 9.59 Å². The van der Waals surface area contributed by atoms with Gasteiger partial charge >= 0.3 is 12.1 Å². The largest absolute Gasteiger partial charge is 0.350 e. The number of aryl methyl sites for hydroxylation is 1. The molecular weight excluding hydrogens is 358 g/mol. The first kappa shape index (κ1) is 21.5. The van der Waals surface area contributed by atoms with Crippen LogP contribution in [0.4, 0.5) is 15.3 Å². The predicted molar refractivity (Wildman–Crippen MR) is 110 cm³/mol. The summed E-state index contributed by atoms with van der Waals surface area (Å²) in [6, 6.07) is 5.13. The second-order valence-electron chi connectivity index (χ2n) is 7.39. The molecule has 5 amide bonds. The molecular formula is C20H31N5O3. The van der Waals surface area contributed by atoms with Crippen LogP contribution in [0.25, 0.3) is 0 Å². The van der Waals surface area contributed by atoms with Gasteiger partial charge in [0.15, 0.2) is 0 Å². The molecule has 1 aliphatic rings. The lowest BCUT2D eigenvalue weighted by Gasteiger charge is -2.35. The van der Waals surface area contributed by atoms with Gasteiger partial charge in [-0.15, -0.1) is 0 Å². The van der Waals surface area contributed by atoms with Gasteiger partial charge in [-0.05, 0) is 44.0 Å². The lowest BCUT2D eigenvalue weighted by Crippen LogP contribution is -2.53. The SMILES string of the molecule is CCC(C)NC(=O)c1ccc(NC(=O)N2CCN(C(=O)N(C)C)CC2)c(C)c1. The first-order chi connectivity index (χ1) is 13.2. The van der Waals surface area contributed by atoms with E-state index in [1.54, 1.807) is 42.1 Å². The average Bonchev–Trinajstić information content (AvgIpc) is 2.68. The Balaban J connectivity index is 1.94. The summed E-state index contributed by atoms with van der Waals surface area (Å²) in [6.07, 6.45) is 0.867. The number of hydrogen-bond donors (Lipinski definition) is 2. The number of urea groups is 2. The van der Waals surface area contributed by atoms with E-state index < -0.39 is 0 Å². The smallest absolute Gasteiger partial charge is 0.321 e. The minimum absolute atomic E-state index is 0.0397. The van der Waals surface area contributed by atoms with Crippen LogP contribution in [0.15, 0.2) is 18.2 Å². The summed E-state index contributed by atoms with van der Waals surface area (Å²) in [5.74, 6) is -0.114. The summed E-state index contributed by atoms with van der Waals surface area (Å²) in [6.45, 7) is 7.84. The number of carbonyl (C=O) groups is 3. The molecule has 1 unspecified atom stereocenters. The fourth-order valence-electron chi connectivity index (χ4n) is 2.93. The minimum atomic E-state index is -0.197. The molecule has 1 aromatic rings. The summed E-state index contributed by atoms with van der Waals surface area (Å²) in [5, 5.41) is 5.84. The van der Waals surface area contributed by atoms with Crippen molar-refractivity contribution in [1.82, 2.24) is 20.0 Å². The van der Waals surface area contributed by atoms with Crippen LogP contribution in [0.5, 0.6) is 0 Å². The van der Waals surface area contributed by atoms with Crippen molar-refractivity contribution in [2.45, 2.75) is 33.2 Å². The zero-order valence-electron chi connectivity index (χ0n) is 17.4. The molecule has 1 fully saturated rings. The Morgan fingerprint density at radius 3 is 2.25 bits per heavy atom. The number of carbonyl (C=O) groups excluding carboxylic acids is 3. The molecule has 2 N–H and O–H groups in total. The van der Waals surface area contributed by atoms with E-state index in [0.717, 1.165) is 12.0 Å². The van der Waals surface area contributed by atoms with Gasteiger partial charge in [-0.1, -0.05) is 6.92 Å². The topological polar surface area (TPSA) is 85.0 Å². The number of rotatable bonds is 4. The van der Waals surface area contributed by atoms with Crippen LogP contribution in [0.3, 0.4) is 0 Å². The van der Waals surface area contributed by atoms with Crippen molar-refractivity contribution in [1.29, 1.82) is 0 Å². The van der Waals surface area contributed by atoms with Crippen molar-refractivity contribution in [2.75, 3.05) is 45.6 Å². The van der Waals surface area contributed by atoms with Crippen LogP contribution in [0.1, 0.15) is 36.2 Å². The highest BCUT2D eigenvalue weighted by molar-refractivity contribution is 5.96. The number of nitrogens with one attached hydrogen (secondary N) is 2. The molecule has 28 heavy (non-hydrogen) atoms. The Labute approximate surface area is 166 Å². The van der Waals surface area contributed by atoms with E-state index in [0.29, 0.717) is 37.4 Å². The first-order valence-electron chi connectivity index (χ1n) is 9.66. The number of anilines is 1. The van der Waals surface area contributed by atoms with E-state index >= 15 is 0 Å². The molecule has 0 aliphatic carbocycles. The fourth-order valence-corrected chi connectivity index (χ4v) is 2.93. The summed E-state index contributed by atoms with van der Waals surface area (Å²) in [7, 11) is 3.44. The third-order valence-corrected chi connectivity index (χ3v) is 4.94. The standard InChI is InChI=1S/C20H31N5O3/c1-6-15(3)21-18(26)16-7-8-17(14(2)13-16)22-19(27)24-9-11-25(12-10-24)20(28)23(4)5/h7-8,13,15H,6,9-12H2,1-5H3,(H,21,26)(H,22,27). The van der Waals surface area contributed by atoms with Gasteiger partial charge < -0.3 is 25.3 Å². The van der Waals surface area contributed by atoms with E-state index in [4.69, 9.17) is 0 Å². The number of piperazine rings is 1. The highest BCUT2D eigenvalue weighted by atomic mass is 16.2. The summed E-state index contributed by atoms with van der Waals surface area (Å²) < 4.78 is 0. The van der Waals surface area contributed by atoms with Crippen LogP contribution in [0.2, 0.25) is 0 Å². The maximum atomic E-state index is 12.6. The van der Waals surface area contributed by atoms with E-state index in [-0.39, 0.29) is 24.0 Å². The molecule has 1 aliphatic heterocycles. The number of benzene rings is 1. The molecule has 1 heterocycles. The van der Waals surface area contributed by atoms with E-state index in [2.05, 4.69) is 10.6 Å². The molecule has 0 bridgehead atoms. The molecule has 8 nitrogen and oxygen atoms in total. The van der Waals surface area contributed by atoms with Crippen LogP contribution in [-0.4, -0.2) is 79.0 Å². The minimum Gasteiger partial charge on any atom is -0.350 e. The first-order valence-corrected chi connectivity index (χ1v) is 9.66. The maximum Gasteiger partial charge on any atom is 0.321 e. The van der Waals surface area contributed by atoms with Gasteiger partial charge in [-0.3, -0.25) is 4.79 Å². The molecule has 1 aromatic carbocycles. The predicted octanol–water partition coefficient (Wildman–Crippen LogP) is 2.35. The molecule has 0 radical (unpaired) electrons. The Kier molecular flexibility index (Phi) is 7.25. The Hall–Kier alpha value is -2.77. The molecule has 154 valence electrons. The van der Waals surface area contributed by atoms with Crippen molar-refractivity contribution >= 4 is 23.7 Å². The van der Waals surface area contributed by atoms with E-state index in [1.165, 1.54) is 4.90 Å². The monoisotopic (exact) mass is 389 g/mol. The van der Waals surface area contributed by atoms with E-state index in [1.807, 2.05) is 20.8 Å². The van der Waals surface area contributed by atoms with Gasteiger partial charge in [0, 0.05) is 57.6 Å². The molecule has 0 spiro atoms. The second kappa shape index (κ2) is 9.43.